The third kappa shape index (κ3) is 3.18. The summed E-state index contributed by atoms with van der Waals surface area (Å²) in [6.07, 6.45) is 0. The molecule has 1 aromatic carbocycles. The minimum Gasteiger partial charge on any atom is -0.506 e. The monoisotopic (exact) mass is 339 g/mol. The van der Waals surface area contributed by atoms with Crippen molar-refractivity contribution in [3.05, 3.63) is 35.2 Å². The molecule has 126 valence electrons. The van der Waals surface area contributed by atoms with Crippen LogP contribution in [0.3, 0.4) is 0 Å². The Hall–Kier alpha value is -2.06. The van der Waals surface area contributed by atoms with Gasteiger partial charge >= 0.3 is 0 Å². The molecule has 1 aromatic heterocycles. The van der Waals surface area contributed by atoms with Gasteiger partial charge in [-0.25, -0.2) is 8.42 Å². The first-order valence-corrected chi connectivity index (χ1v) is 8.67. The zero-order valence-corrected chi connectivity index (χ0v) is 14.3. The van der Waals surface area contributed by atoms with Gasteiger partial charge in [-0.05, 0) is 33.8 Å². The Morgan fingerprint density at radius 1 is 1.30 bits per heavy atom. The summed E-state index contributed by atoms with van der Waals surface area (Å²) in [5.74, 6) is -0.244. The third-order valence-corrected chi connectivity index (χ3v) is 5.15. The maximum atomic E-state index is 12.7. The van der Waals surface area contributed by atoms with Gasteiger partial charge in [-0.2, -0.15) is 5.10 Å². The molecule has 8 heteroatoms. The topological polar surface area (TPSA) is 104 Å². The molecule has 2 aromatic rings. The Balaban J connectivity index is 2.53. The SMILES string of the molecule is Cc1nn(C(C)C)c(C)c1S(=O)(=O)Nc1c(O)cccc1CO. The molecule has 0 atom stereocenters. The lowest BCUT2D eigenvalue weighted by molar-refractivity contribution is 0.282. The number of benzene rings is 1. The summed E-state index contributed by atoms with van der Waals surface area (Å²) in [5.41, 5.74) is 1.17. The number of phenols is 1. The minimum absolute atomic E-state index is 0.0221. The van der Waals surface area contributed by atoms with Gasteiger partial charge in [0.2, 0.25) is 0 Å². The van der Waals surface area contributed by atoms with Gasteiger partial charge < -0.3 is 10.2 Å². The molecule has 0 aliphatic rings. The molecule has 7 nitrogen and oxygen atoms in total. The van der Waals surface area contributed by atoms with Gasteiger partial charge in [-0.3, -0.25) is 9.40 Å². The highest BCUT2D eigenvalue weighted by molar-refractivity contribution is 7.92. The lowest BCUT2D eigenvalue weighted by Crippen LogP contribution is -2.16. The first-order valence-electron chi connectivity index (χ1n) is 7.19. The smallest absolute Gasteiger partial charge is 0.265 e. The van der Waals surface area contributed by atoms with Crippen LogP contribution in [0.1, 0.15) is 36.8 Å². The summed E-state index contributed by atoms with van der Waals surface area (Å²) in [6.45, 7) is 6.74. The number of nitrogens with one attached hydrogen (secondary N) is 1. The van der Waals surface area contributed by atoms with Crippen molar-refractivity contribution in [2.45, 2.75) is 45.2 Å². The fourth-order valence-electron chi connectivity index (χ4n) is 2.56. The maximum absolute atomic E-state index is 12.7. The summed E-state index contributed by atoms with van der Waals surface area (Å²) in [6, 6.07) is 4.45. The number of aliphatic hydroxyl groups is 1. The van der Waals surface area contributed by atoms with Crippen LogP contribution in [0.4, 0.5) is 5.69 Å². The molecular weight excluding hydrogens is 318 g/mol. The highest BCUT2D eigenvalue weighted by Crippen LogP contribution is 2.31. The molecule has 0 aliphatic heterocycles. The number of aliphatic hydroxyl groups excluding tert-OH is 1. The molecule has 0 amide bonds. The van der Waals surface area contributed by atoms with E-state index in [4.69, 9.17) is 0 Å². The van der Waals surface area contributed by atoms with E-state index in [9.17, 15) is 18.6 Å². The molecule has 2 rings (SSSR count). The van der Waals surface area contributed by atoms with E-state index < -0.39 is 16.6 Å². The standard InChI is InChI=1S/C15H21N3O4S/c1-9(2)18-11(4)15(10(3)16-18)23(21,22)17-14-12(8-19)6-5-7-13(14)20/h5-7,9,17,19-20H,8H2,1-4H3. The van der Waals surface area contributed by atoms with Crippen LogP contribution in [0.15, 0.2) is 23.1 Å². The third-order valence-electron chi connectivity index (χ3n) is 3.55. The van der Waals surface area contributed by atoms with Gasteiger partial charge in [-0.15, -0.1) is 0 Å². The Morgan fingerprint density at radius 2 is 1.96 bits per heavy atom. The van der Waals surface area contributed by atoms with E-state index in [1.54, 1.807) is 18.5 Å². The second-order valence-electron chi connectivity index (χ2n) is 5.61. The number of anilines is 1. The van der Waals surface area contributed by atoms with Crippen LogP contribution in [0.5, 0.6) is 5.75 Å². The second kappa shape index (κ2) is 6.21. The Morgan fingerprint density at radius 3 is 2.48 bits per heavy atom. The van der Waals surface area contributed by atoms with Gasteiger partial charge in [0.15, 0.2) is 0 Å². The van der Waals surface area contributed by atoms with Crippen molar-refractivity contribution in [1.82, 2.24) is 9.78 Å². The number of nitrogens with zero attached hydrogens (tertiary/aromatic N) is 2. The summed E-state index contributed by atoms with van der Waals surface area (Å²) < 4.78 is 29.5. The number of hydrogen-bond donors (Lipinski definition) is 3. The van der Waals surface area contributed by atoms with E-state index in [-0.39, 0.29) is 22.4 Å². The molecule has 0 aliphatic carbocycles. The maximum Gasteiger partial charge on any atom is 0.265 e. The number of aryl methyl sites for hydroxylation is 1. The molecule has 3 N–H and O–H groups in total. The van der Waals surface area contributed by atoms with Gasteiger partial charge in [0.05, 0.1) is 23.7 Å². The zero-order valence-electron chi connectivity index (χ0n) is 13.5. The van der Waals surface area contributed by atoms with Gasteiger partial charge in [-0.1, -0.05) is 12.1 Å². The van der Waals surface area contributed by atoms with Crippen LogP contribution in [0, 0.1) is 13.8 Å². The highest BCUT2D eigenvalue weighted by atomic mass is 32.2. The summed E-state index contributed by atoms with van der Waals surface area (Å²) in [4.78, 5) is 0.0818. The van der Waals surface area contributed by atoms with Crippen molar-refractivity contribution in [3.8, 4) is 5.75 Å². The summed E-state index contributed by atoms with van der Waals surface area (Å²) in [7, 11) is -3.95. The van der Waals surface area contributed by atoms with Crippen LogP contribution in [0.2, 0.25) is 0 Å². The average Bonchev–Trinajstić information content (AvgIpc) is 2.76. The average molecular weight is 339 g/mol. The first kappa shape index (κ1) is 17.3. The Kier molecular flexibility index (Phi) is 4.67. The molecule has 0 bridgehead atoms. The number of aromatic hydroxyl groups is 1. The van der Waals surface area contributed by atoms with Crippen molar-refractivity contribution < 1.29 is 18.6 Å². The van der Waals surface area contributed by atoms with Crippen molar-refractivity contribution in [2.75, 3.05) is 4.72 Å². The Labute approximate surface area is 135 Å². The number of phenolic OH excluding ortho intramolecular Hbond substituents is 1. The molecule has 1 heterocycles. The molecule has 0 radical (unpaired) electrons. The van der Waals surface area contributed by atoms with Crippen LogP contribution < -0.4 is 4.72 Å². The lowest BCUT2D eigenvalue weighted by atomic mass is 10.2. The molecule has 0 fully saturated rings. The lowest BCUT2D eigenvalue weighted by Gasteiger charge is -2.14. The van der Waals surface area contributed by atoms with Crippen LogP contribution in [-0.4, -0.2) is 28.4 Å². The van der Waals surface area contributed by atoms with Crippen molar-refractivity contribution >= 4 is 15.7 Å². The van der Waals surface area contributed by atoms with Crippen LogP contribution in [0.25, 0.3) is 0 Å². The van der Waals surface area contributed by atoms with E-state index in [2.05, 4.69) is 9.82 Å². The molecule has 23 heavy (non-hydrogen) atoms. The summed E-state index contributed by atoms with van der Waals surface area (Å²) >= 11 is 0. The van der Waals surface area contributed by atoms with Crippen molar-refractivity contribution in [3.63, 3.8) is 0 Å². The fourth-order valence-corrected chi connectivity index (χ4v) is 4.08. The Bertz CT molecular complexity index is 825. The highest BCUT2D eigenvalue weighted by Gasteiger charge is 2.27. The number of aromatic nitrogens is 2. The first-order chi connectivity index (χ1) is 10.7. The number of hydrogen-bond acceptors (Lipinski definition) is 5. The second-order valence-corrected chi connectivity index (χ2v) is 7.23. The van der Waals surface area contributed by atoms with Gasteiger partial charge in [0.1, 0.15) is 10.6 Å². The zero-order chi connectivity index (χ0) is 17.4. The van der Waals surface area contributed by atoms with E-state index in [0.717, 1.165) is 0 Å². The molecule has 0 saturated heterocycles. The molecule has 0 saturated carbocycles. The minimum atomic E-state index is -3.95. The van der Waals surface area contributed by atoms with Crippen LogP contribution in [-0.2, 0) is 16.6 Å². The van der Waals surface area contributed by atoms with Crippen molar-refractivity contribution in [2.24, 2.45) is 0 Å². The van der Waals surface area contributed by atoms with Gasteiger partial charge in [0, 0.05) is 11.6 Å². The summed E-state index contributed by atoms with van der Waals surface area (Å²) in [5, 5.41) is 23.5. The van der Waals surface area contributed by atoms with Crippen LogP contribution >= 0.6 is 0 Å². The number of sulfonamides is 1. The number of para-hydroxylation sites is 1. The number of rotatable bonds is 5. The largest absolute Gasteiger partial charge is 0.506 e. The quantitative estimate of drug-likeness (QED) is 0.724. The predicted molar refractivity (Wildman–Crippen MR) is 86.9 cm³/mol. The van der Waals surface area contributed by atoms with E-state index in [1.807, 2.05) is 13.8 Å². The van der Waals surface area contributed by atoms with E-state index in [1.165, 1.54) is 18.2 Å². The van der Waals surface area contributed by atoms with Gasteiger partial charge in [0.25, 0.3) is 10.0 Å². The molecule has 0 unspecified atom stereocenters. The van der Waals surface area contributed by atoms with E-state index in [0.29, 0.717) is 17.0 Å². The predicted octanol–water partition coefficient (Wildman–Crippen LogP) is 2.08. The molecule has 0 spiro atoms. The van der Waals surface area contributed by atoms with Crippen molar-refractivity contribution in [1.29, 1.82) is 0 Å². The fraction of sp³-hybridized carbons (Fsp3) is 0.400. The molecular formula is C15H21N3O4S. The van der Waals surface area contributed by atoms with E-state index >= 15 is 0 Å². The normalized spacial score (nSPS) is 11.9.